The molecule has 154 valence electrons. The van der Waals surface area contributed by atoms with Gasteiger partial charge in [-0.15, -0.1) is 0 Å². The molecule has 0 saturated carbocycles. The van der Waals surface area contributed by atoms with E-state index in [2.05, 4.69) is 9.80 Å². The summed E-state index contributed by atoms with van der Waals surface area (Å²) in [5.41, 5.74) is 0.801. The monoisotopic (exact) mass is 391 g/mol. The number of carbonyl (C=O) groups is 2. The van der Waals surface area contributed by atoms with Crippen molar-refractivity contribution >= 4 is 17.5 Å². The molecule has 2 aliphatic heterocycles. The van der Waals surface area contributed by atoms with E-state index in [1.165, 1.54) is 11.0 Å². The molecule has 2 amide bonds. The molecule has 0 aliphatic carbocycles. The van der Waals surface area contributed by atoms with Gasteiger partial charge >= 0.3 is 0 Å². The molecular weight excluding hydrogens is 361 g/mol. The SMILES string of the molecule is CC(C)Oc1ccc(F)cc1N1CCN(CCCN2C(=O)CC(C)C2=O)CC1. The van der Waals surface area contributed by atoms with Crippen LogP contribution in [-0.2, 0) is 9.59 Å². The number of imide groups is 1. The van der Waals surface area contributed by atoms with Crippen LogP contribution in [0.4, 0.5) is 10.1 Å². The first-order valence-electron chi connectivity index (χ1n) is 10.1. The molecular formula is C21H30FN3O3. The zero-order chi connectivity index (χ0) is 20.3. The van der Waals surface area contributed by atoms with E-state index in [0.717, 1.165) is 44.8 Å². The quantitative estimate of drug-likeness (QED) is 0.669. The first kappa shape index (κ1) is 20.6. The number of carbonyl (C=O) groups excluding carboxylic acids is 2. The van der Waals surface area contributed by atoms with Gasteiger partial charge in [-0.1, -0.05) is 6.92 Å². The number of hydrogen-bond donors (Lipinski definition) is 0. The third-order valence-corrected chi connectivity index (χ3v) is 5.32. The third-order valence-electron chi connectivity index (χ3n) is 5.32. The molecule has 0 aromatic heterocycles. The fraction of sp³-hybridized carbons (Fsp3) is 0.619. The summed E-state index contributed by atoms with van der Waals surface area (Å²) in [4.78, 5) is 29.7. The number of anilines is 1. The molecule has 1 unspecified atom stereocenters. The average Bonchev–Trinajstić information content (AvgIpc) is 2.89. The Kier molecular flexibility index (Phi) is 6.54. The summed E-state index contributed by atoms with van der Waals surface area (Å²) < 4.78 is 19.6. The van der Waals surface area contributed by atoms with Crippen LogP contribution in [0.2, 0.25) is 0 Å². The first-order chi connectivity index (χ1) is 13.3. The van der Waals surface area contributed by atoms with Gasteiger partial charge in [0.25, 0.3) is 0 Å². The van der Waals surface area contributed by atoms with Crippen molar-refractivity contribution in [2.45, 2.75) is 39.7 Å². The molecule has 7 heteroatoms. The lowest BCUT2D eigenvalue weighted by molar-refractivity contribution is -0.139. The number of rotatable bonds is 7. The number of ether oxygens (including phenoxy) is 1. The molecule has 0 spiro atoms. The van der Waals surface area contributed by atoms with Gasteiger partial charge in [0, 0.05) is 51.1 Å². The van der Waals surface area contributed by atoms with Gasteiger partial charge in [-0.25, -0.2) is 4.39 Å². The standard InChI is InChI=1S/C21H30FN3O3/c1-15(2)28-19-6-5-17(22)14-18(19)24-11-9-23(10-12-24)7-4-8-25-20(26)13-16(3)21(25)27/h5-6,14-16H,4,7-13H2,1-3H3. The first-order valence-corrected chi connectivity index (χ1v) is 10.1. The Hall–Kier alpha value is -2.15. The maximum atomic E-state index is 13.8. The Morgan fingerprint density at radius 1 is 1.14 bits per heavy atom. The van der Waals surface area contributed by atoms with Gasteiger partial charge < -0.3 is 9.64 Å². The Balaban J connectivity index is 1.49. The van der Waals surface area contributed by atoms with E-state index in [9.17, 15) is 14.0 Å². The molecule has 1 aromatic rings. The Morgan fingerprint density at radius 2 is 1.86 bits per heavy atom. The second-order valence-corrected chi connectivity index (χ2v) is 7.95. The normalized spacial score (nSPS) is 21.1. The van der Waals surface area contributed by atoms with Gasteiger partial charge in [0.15, 0.2) is 0 Å². The van der Waals surface area contributed by atoms with E-state index < -0.39 is 0 Å². The molecule has 1 atom stereocenters. The van der Waals surface area contributed by atoms with Crippen LogP contribution in [-0.4, -0.2) is 67.0 Å². The minimum absolute atomic E-state index is 0.0317. The second-order valence-electron chi connectivity index (χ2n) is 7.95. The highest BCUT2D eigenvalue weighted by molar-refractivity contribution is 6.03. The van der Waals surface area contributed by atoms with Crippen LogP contribution in [0.3, 0.4) is 0 Å². The minimum Gasteiger partial charge on any atom is -0.489 e. The summed E-state index contributed by atoms with van der Waals surface area (Å²) in [6, 6.07) is 4.67. The maximum absolute atomic E-state index is 13.8. The van der Waals surface area contributed by atoms with Crippen LogP contribution in [0.15, 0.2) is 18.2 Å². The topological polar surface area (TPSA) is 53.1 Å². The predicted molar refractivity (Wildman–Crippen MR) is 106 cm³/mol. The van der Waals surface area contributed by atoms with Crippen molar-refractivity contribution in [2.24, 2.45) is 5.92 Å². The lowest BCUT2D eigenvalue weighted by Crippen LogP contribution is -2.47. The molecule has 2 saturated heterocycles. The van der Waals surface area contributed by atoms with Crippen molar-refractivity contribution in [3.63, 3.8) is 0 Å². The van der Waals surface area contributed by atoms with Gasteiger partial charge in [-0.3, -0.25) is 19.4 Å². The van der Waals surface area contributed by atoms with E-state index in [4.69, 9.17) is 4.74 Å². The molecule has 2 aliphatic rings. The second kappa shape index (κ2) is 8.90. The summed E-state index contributed by atoms with van der Waals surface area (Å²) in [7, 11) is 0. The number of piperazine rings is 1. The largest absolute Gasteiger partial charge is 0.489 e. The number of amides is 2. The van der Waals surface area contributed by atoms with E-state index >= 15 is 0 Å². The maximum Gasteiger partial charge on any atom is 0.232 e. The van der Waals surface area contributed by atoms with Crippen LogP contribution < -0.4 is 9.64 Å². The number of likely N-dealkylation sites (tertiary alicyclic amines) is 1. The van der Waals surface area contributed by atoms with Crippen molar-refractivity contribution in [2.75, 3.05) is 44.2 Å². The fourth-order valence-electron chi connectivity index (χ4n) is 3.84. The van der Waals surface area contributed by atoms with E-state index in [1.54, 1.807) is 12.1 Å². The summed E-state index contributed by atoms with van der Waals surface area (Å²) in [5.74, 6) is 0.182. The zero-order valence-corrected chi connectivity index (χ0v) is 17.0. The van der Waals surface area contributed by atoms with Gasteiger partial charge in [-0.2, -0.15) is 0 Å². The lowest BCUT2D eigenvalue weighted by atomic mass is 10.1. The summed E-state index contributed by atoms with van der Waals surface area (Å²) >= 11 is 0. The Morgan fingerprint density at radius 3 is 2.46 bits per heavy atom. The Bertz CT molecular complexity index is 717. The van der Waals surface area contributed by atoms with Crippen molar-refractivity contribution in [3.8, 4) is 5.75 Å². The number of halogens is 1. The Labute approximate surface area is 166 Å². The van der Waals surface area contributed by atoms with E-state index in [0.29, 0.717) is 18.7 Å². The van der Waals surface area contributed by atoms with Crippen LogP contribution in [0.5, 0.6) is 5.75 Å². The third kappa shape index (κ3) is 4.82. The van der Waals surface area contributed by atoms with Gasteiger partial charge in [-0.05, 0) is 38.9 Å². The van der Waals surface area contributed by atoms with E-state index in [-0.39, 0.29) is 29.7 Å². The molecule has 28 heavy (non-hydrogen) atoms. The number of nitrogens with zero attached hydrogens (tertiary/aromatic N) is 3. The molecule has 1 aromatic carbocycles. The van der Waals surface area contributed by atoms with Gasteiger partial charge in [0.1, 0.15) is 11.6 Å². The van der Waals surface area contributed by atoms with Gasteiger partial charge in [0.2, 0.25) is 11.8 Å². The van der Waals surface area contributed by atoms with Gasteiger partial charge in [0.05, 0.1) is 11.8 Å². The minimum atomic E-state index is -0.261. The van der Waals surface area contributed by atoms with Crippen LogP contribution >= 0.6 is 0 Å². The fourth-order valence-corrected chi connectivity index (χ4v) is 3.84. The lowest BCUT2D eigenvalue weighted by Gasteiger charge is -2.37. The number of hydrogen-bond acceptors (Lipinski definition) is 5. The highest BCUT2D eigenvalue weighted by atomic mass is 19.1. The van der Waals surface area contributed by atoms with E-state index in [1.807, 2.05) is 20.8 Å². The molecule has 3 rings (SSSR count). The van der Waals surface area contributed by atoms with Crippen LogP contribution in [0.1, 0.15) is 33.6 Å². The van der Waals surface area contributed by atoms with Crippen molar-refractivity contribution < 1.29 is 18.7 Å². The van der Waals surface area contributed by atoms with Crippen molar-refractivity contribution in [1.82, 2.24) is 9.80 Å². The highest BCUT2D eigenvalue weighted by Crippen LogP contribution is 2.31. The molecule has 0 radical (unpaired) electrons. The summed E-state index contributed by atoms with van der Waals surface area (Å²) in [6.45, 7) is 10.4. The summed E-state index contributed by atoms with van der Waals surface area (Å²) in [5, 5.41) is 0. The van der Waals surface area contributed by atoms with Crippen molar-refractivity contribution in [1.29, 1.82) is 0 Å². The van der Waals surface area contributed by atoms with Crippen LogP contribution in [0.25, 0.3) is 0 Å². The molecule has 2 fully saturated rings. The molecule has 2 heterocycles. The smallest absolute Gasteiger partial charge is 0.232 e. The highest BCUT2D eigenvalue weighted by Gasteiger charge is 2.35. The van der Waals surface area contributed by atoms with Crippen molar-refractivity contribution in [3.05, 3.63) is 24.0 Å². The average molecular weight is 391 g/mol. The predicted octanol–water partition coefficient (Wildman–Crippen LogP) is 2.52. The molecule has 0 N–H and O–H groups in total. The number of benzene rings is 1. The summed E-state index contributed by atoms with van der Waals surface area (Å²) in [6.07, 6.45) is 1.15. The molecule has 0 bridgehead atoms. The molecule has 6 nitrogen and oxygen atoms in total. The van der Waals surface area contributed by atoms with Crippen LogP contribution in [0, 0.1) is 11.7 Å². The zero-order valence-electron chi connectivity index (χ0n) is 17.0.